The van der Waals surface area contributed by atoms with Gasteiger partial charge in [-0.15, -0.1) is 11.3 Å². The number of hydrogen-bond acceptors (Lipinski definition) is 4. The smallest absolute Gasteiger partial charge is 0.137 e. The number of thiophene rings is 1. The van der Waals surface area contributed by atoms with Crippen molar-refractivity contribution in [2.24, 2.45) is 0 Å². The maximum atomic E-state index is 6.15. The Morgan fingerprint density at radius 3 is 3.06 bits per heavy atom. The van der Waals surface area contributed by atoms with Crippen LogP contribution in [0.2, 0.25) is 5.15 Å². The lowest BCUT2D eigenvalue weighted by Gasteiger charge is -2.03. The number of rotatable bonds is 2. The molecule has 0 aliphatic carbocycles. The van der Waals surface area contributed by atoms with Crippen molar-refractivity contribution in [3.63, 3.8) is 0 Å². The Labute approximate surface area is 107 Å². The first-order valence-electron chi connectivity index (χ1n) is 4.97. The average molecular weight is 269 g/mol. The van der Waals surface area contributed by atoms with Gasteiger partial charge < -0.3 is 0 Å². The fourth-order valence-corrected chi connectivity index (χ4v) is 3.80. The van der Waals surface area contributed by atoms with E-state index in [-0.39, 0.29) is 0 Å². The van der Waals surface area contributed by atoms with Crippen molar-refractivity contribution in [3.05, 3.63) is 44.6 Å². The molecular formula is C11H9ClN2S2. The summed E-state index contributed by atoms with van der Waals surface area (Å²) in [6.07, 6.45) is 0.787. The molecular weight excluding hydrogens is 260 g/mol. The highest BCUT2D eigenvalue weighted by Crippen LogP contribution is 2.32. The zero-order valence-electron chi connectivity index (χ0n) is 8.44. The molecule has 5 heteroatoms. The van der Waals surface area contributed by atoms with E-state index in [0.29, 0.717) is 5.15 Å². The van der Waals surface area contributed by atoms with Crippen LogP contribution in [0.25, 0.3) is 0 Å². The summed E-state index contributed by atoms with van der Waals surface area (Å²) in [5.41, 5.74) is 2.25. The second kappa shape index (κ2) is 4.35. The summed E-state index contributed by atoms with van der Waals surface area (Å²) >= 11 is 9.73. The molecule has 1 aliphatic rings. The van der Waals surface area contributed by atoms with Gasteiger partial charge in [0.25, 0.3) is 0 Å². The van der Waals surface area contributed by atoms with Gasteiger partial charge in [0.05, 0.1) is 5.69 Å². The first-order valence-corrected chi connectivity index (χ1v) is 7.38. The highest BCUT2D eigenvalue weighted by atomic mass is 35.5. The van der Waals surface area contributed by atoms with Gasteiger partial charge in [-0.25, -0.2) is 9.97 Å². The molecule has 0 amide bonds. The average Bonchev–Trinajstić information content (AvgIpc) is 2.87. The topological polar surface area (TPSA) is 25.8 Å². The summed E-state index contributed by atoms with van der Waals surface area (Å²) < 4.78 is 0. The third-order valence-corrected chi connectivity index (χ3v) is 4.65. The van der Waals surface area contributed by atoms with E-state index in [2.05, 4.69) is 21.4 Å². The third kappa shape index (κ3) is 1.97. The van der Waals surface area contributed by atoms with Crippen molar-refractivity contribution >= 4 is 34.7 Å². The summed E-state index contributed by atoms with van der Waals surface area (Å²) in [6, 6.07) is 4.15. The van der Waals surface area contributed by atoms with Gasteiger partial charge in [-0.2, -0.15) is 11.8 Å². The van der Waals surface area contributed by atoms with Crippen LogP contribution in [0.15, 0.2) is 17.5 Å². The largest absolute Gasteiger partial charge is 0.236 e. The molecule has 2 aromatic heterocycles. The van der Waals surface area contributed by atoms with Crippen LogP contribution < -0.4 is 0 Å². The molecule has 0 unspecified atom stereocenters. The quantitative estimate of drug-likeness (QED) is 0.780. The maximum absolute atomic E-state index is 6.15. The van der Waals surface area contributed by atoms with Gasteiger partial charge in [0.15, 0.2) is 0 Å². The van der Waals surface area contributed by atoms with Gasteiger partial charge in [-0.1, -0.05) is 17.7 Å². The van der Waals surface area contributed by atoms with Gasteiger partial charge in [-0.05, 0) is 11.4 Å². The van der Waals surface area contributed by atoms with Gasteiger partial charge in [0.2, 0.25) is 0 Å². The number of thioether (sulfide) groups is 1. The van der Waals surface area contributed by atoms with Crippen LogP contribution in [-0.4, -0.2) is 9.97 Å². The Bertz CT molecular complexity index is 511. The zero-order valence-corrected chi connectivity index (χ0v) is 10.8. The molecule has 0 saturated heterocycles. The molecule has 2 aromatic rings. The van der Waals surface area contributed by atoms with Crippen molar-refractivity contribution in [3.8, 4) is 0 Å². The Morgan fingerprint density at radius 2 is 2.25 bits per heavy atom. The fraction of sp³-hybridized carbons (Fsp3) is 0.273. The van der Waals surface area contributed by atoms with E-state index in [1.807, 2.05) is 17.8 Å². The van der Waals surface area contributed by atoms with Crippen LogP contribution in [0.4, 0.5) is 0 Å². The SMILES string of the molecule is Clc1nc(Cc2cccs2)nc2c1CSC2. The molecule has 0 atom stereocenters. The van der Waals surface area contributed by atoms with Crippen molar-refractivity contribution in [1.29, 1.82) is 0 Å². The van der Waals surface area contributed by atoms with Crippen LogP contribution >= 0.6 is 34.7 Å². The van der Waals surface area contributed by atoms with E-state index < -0.39 is 0 Å². The first-order chi connectivity index (χ1) is 7.83. The van der Waals surface area contributed by atoms with Crippen molar-refractivity contribution in [2.75, 3.05) is 0 Å². The molecule has 16 heavy (non-hydrogen) atoms. The summed E-state index contributed by atoms with van der Waals surface area (Å²) in [6.45, 7) is 0. The normalized spacial score (nSPS) is 14.1. The molecule has 0 spiro atoms. The number of nitrogens with zero attached hydrogens (tertiary/aromatic N) is 2. The van der Waals surface area contributed by atoms with Gasteiger partial charge >= 0.3 is 0 Å². The molecule has 0 saturated carbocycles. The number of aromatic nitrogens is 2. The van der Waals surface area contributed by atoms with E-state index in [1.54, 1.807) is 11.3 Å². The number of fused-ring (bicyclic) bond motifs is 1. The molecule has 0 N–H and O–H groups in total. The minimum absolute atomic E-state index is 0.640. The van der Waals surface area contributed by atoms with E-state index in [0.717, 1.165) is 35.0 Å². The lowest BCUT2D eigenvalue weighted by atomic mass is 10.2. The van der Waals surface area contributed by atoms with Crippen LogP contribution in [0.3, 0.4) is 0 Å². The number of hydrogen-bond donors (Lipinski definition) is 0. The maximum Gasteiger partial charge on any atom is 0.137 e. The van der Waals surface area contributed by atoms with E-state index in [1.165, 1.54) is 4.88 Å². The minimum Gasteiger partial charge on any atom is -0.236 e. The standard InChI is InChI=1S/C11H9ClN2S2/c12-11-8-5-15-6-9(8)13-10(14-11)4-7-2-1-3-16-7/h1-3H,4-6H2. The first kappa shape index (κ1) is 10.6. The minimum atomic E-state index is 0.640. The predicted octanol–water partition coefficient (Wildman–Crippen LogP) is 3.53. The Morgan fingerprint density at radius 1 is 1.31 bits per heavy atom. The highest BCUT2D eigenvalue weighted by Gasteiger charge is 2.18. The summed E-state index contributed by atoms with van der Waals surface area (Å²) in [5.74, 6) is 2.76. The molecule has 82 valence electrons. The van der Waals surface area contributed by atoms with Gasteiger partial charge in [0.1, 0.15) is 11.0 Å². The molecule has 0 bridgehead atoms. The second-order valence-electron chi connectivity index (χ2n) is 3.60. The van der Waals surface area contributed by atoms with Crippen LogP contribution in [0.5, 0.6) is 0 Å². The Balaban J connectivity index is 1.94. The molecule has 2 nitrogen and oxygen atoms in total. The molecule has 3 rings (SSSR count). The van der Waals surface area contributed by atoms with Gasteiger partial charge in [-0.3, -0.25) is 0 Å². The summed E-state index contributed by atoms with van der Waals surface area (Å²) in [4.78, 5) is 10.2. The van der Waals surface area contributed by atoms with E-state index in [9.17, 15) is 0 Å². The lowest BCUT2D eigenvalue weighted by Crippen LogP contribution is -2.01. The van der Waals surface area contributed by atoms with Crippen LogP contribution in [0.1, 0.15) is 22.0 Å². The fourth-order valence-electron chi connectivity index (χ4n) is 1.71. The molecule has 1 aliphatic heterocycles. The van der Waals surface area contributed by atoms with Gasteiger partial charge in [0, 0.05) is 28.4 Å². The van der Waals surface area contributed by atoms with Crippen LogP contribution in [0, 0.1) is 0 Å². The van der Waals surface area contributed by atoms with E-state index in [4.69, 9.17) is 11.6 Å². The third-order valence-electron chi connectivity index (χ3n) is 2.49. The predicted molar refractivity (Wildman–Crippen MR) is 69.2 cm³/mol. The van der Waals surface area contributed by atoms with E-state index >= 15 is 0 Å². The number of halogens is 1. The highest BCUT2D eigenvalue weighted by molar-refractivity contribution is 7.98. The Hall–Kier alpha value is -0.580. The molecule has 3 heterocycles. The Kier molecular flexibility index (Phi) is 2.88. The van der Waals surface area contributed by atoms with Crippen molar-refractivity contribution < 1.29 is 0 Å². The summed E-state index contributed by atoms with van der Waals surface area (Å²) in [5, 5.41) is 2.71. The lowest BCUT2D eigenvalue weighted by molar-refractivity contribution is 0.936. The molecule has 0 radical (unpaired) electrons. The van der Waals surface area contributed by atoms with Crippen molar-refractivity contribution in [1.82, 2.24) is 9.97 Å². The molecule has 0 fully saturated rings. The summed E-state index contributed by atoms with van der Waals surface area (Å²) in [7, 11) is 0. The second-order valence-corrected chi connectivity index (χ2v) is 5.98. The zero-order chi connectivity index (χ0) is 11.0. The van der Waals surface area contributed by atoms with Crippen LogP contribution in [-0.2, 0) is 17.9 Å². The molecule has 0 aromatic carbocycles. The monoisotopic (exact) mass is 268 g/mol. The van der Waals surface area contributed by atoms with Crippen molar-refractivity contribution in [2.45, 2.75) is 17.9 Å².